The normalized spacial score (nSPS) is 12.0. The molecule has 0 bridgehead atoms. The topological polar surface area (TPSA) is 98.7 Å². The number of rotatable bonds is 9. The van der Waals surface area contributed by atoms with Crippen molar-refractivity contribution in [3.63, 3.8) is 0 Å². The molecule has 3 rings (SSSR count). The van der Waals surface area contributed by atoms with E-state index >= 15 is 0 Å². The summed E-state index contributed by atoms with van der Waals surface area (Å²) < 4.78 is 0. The van der Waals surface area contributed by atoms with E-state index in [9.17, 15) is 14.7 Å². The SMILES string of the molecule is O=C(O)N[C@H](CO)CCC(=O)NC(c1ccccc1)(c1ccccc1)c1ccccc1. The second-order valence-electron chi connectivity index (χ2n) is 7.26. The van der Waals surface area contributed by atoms with E-state index < -0.39 is 17.7 Å². The number of carbonyl (C=O) groups is 2. The minimum Gasteiger partial charge on any atom is -0.465 e. The fourth-order valence-corrected chi connectivity index (χ4v) is 3.74. The first-order valence-electron chi connectivity index (χ1n) is 10.1. The predicted molar refractivity (Wildman–Crippen MR) is 119 cm³/mol. The smallest absolute Gasteiger partial charge is 0.404 e. The van der Waals surface area contributed by atoms with Crippen LogP contribution in [0.1, 0.15) is 29.5 Å². The van der Waals surface area contributed by atoms with Crippen molar-refractivity contribution >= 4 is 12.0 Å². The maximum absolute atomic E-state index is 13.1. The summed E-state index contributed by atoms with van der Waals surface area (Å²) in [5.74, 6) is -0.248. The fraction of sp³-hybridized carbons (Fsp3) is 0.200. The van der Waals surface area contributed by atoms with Crippen molar-refractivity contribution < 1.29 is 19.8 Å². The molecular formula is C25H26N2O4. The van der Waals surface area contributed by atoms with Gasteiger partial charge >= 0.3 is 6.09 Å². The van der Waals surface area contributed by atoms with Gasteiger partial charge in [-0.25, -0.2) is 4.79 Å². The number of aliphatic hydroxyl groups excluding tert-OH is 1. The summed E-state index contributed by atoms with van der Waals surface area (Å²) in [4.78, 5) is 24.0. The van der Waals surface area contributed by atoms with Gasteiger partial charge in [0.25, 0.3) is 0 Å². The molecule has 0 aliphatic rings. The highest BCUT2D eigenvalue weighted by atomic mass is 16.4. The van der Waals surface area contributed by atoms with Crippen molar-refractivity contribution in [1.29, 1.82) is 0 Å². The van der Waals surface area contributed by atoms with Crippen LogP contribution in [0.2, 0.25) is 0 Å². The summed E-state index contributed by atoms with van der Waals surface area (Å²) >= 11 is 0. The lowest BCUT2D eigenvalue weighted by molar-refractivity contribution is -0.122. The fourth-order valence-electron chi connectivity index (χ4n) is 3.74. The second-order valence-corrected chi connectivity index (χ2v) is 7.26. The Balaban J connectivity index is 2.00. The van der Waals surface area contributed by atoms with Crippen LogP contribution in [-0.4, -0.2) is 34.9 Å². The Morgan fingerprint density at radius 2 is 1.19 bits per heavy atom. The maximum Gasteiger partial charge on any atom is 0.404 e. The number of nitrogens with one attached hydrogen (secondary N) is 2. The molecule has 0 fully saturated rings. The molecule has 31 heavy (non-hydrogen) atoms. The molecule has 0 unspecified atom stereocenters. The van der Waals surface area contributed by atoms with E-state index in [1.807, 2.05) is 91.0 Å². The molecule has 3 aromatic rings. The van der Waals surface area contributed by atoms with E-state index in [0.29, 0.717) is 0 Å². The van der Waals surface area contributed by atoms with E-state index in [1.54, 1.807) is 0 Å². The molecule has 160 valence electrons. The van der Waals surface area contributed by atoms with Gasteiger partial charge in [-0.2, -0.15) is 0 Å². The van der Waals surface area contributed by atoms with Crippen molar-refractivity contribution in [1.82, 2.24) is 10.6 Å². The second kappa shape index (κ2) is 10.4. The van der Waals surface area contributed by atoms with Crippen LogP contribution in [-0.2, 0) is 10.3 Å². The first-order valence-corrected chi connectivity index (χ1v) is 10.1. The number of amides is 2. The third-order valence-electron chi connectivity index (χ3n) is 5.22. The lowest BCUT2D eigenvalue weighted by Crippen LogP contribution is -2.48. The molecule has 0 saturated carbocycles. The third kappa shape index (κ3) is 5.29. The van der Waals surface area contributed by atoms with E-state index in [2.05, 4.69) is 10.6 Å². The van der Waals surface area contributed by atoms with Crippen LogP contribution in [0.5, 0.6) is 0 Å². The molecular weight excluding hydrogens is 392 g/mol. The molecule has 0 saturated heterocycles. The average molecular weight is 418 g/mol. The van der Waals surface area contributed by atoms with Gasteiger partial charge < -0.3 is 20.8 Å². The van der Waals surface area contributed by atoms with Crippen LogP contribution in [0.15, 0.2) is 91.0 Å². The van der Waals surface area contributed by atoms with Crippen molar-refractivity contribution in [2.45, 2.75) is 24.4 Å². The van der Waals surface area contributed by atoms with Crippen LogP contribution >= 0.6 is 0 Å². The molecule has 0 aromatic heterocycles. The van der Waals surface area contributed by atoms with Crippen LogP contribution in [0.25, 0.3) is 0 Å². The van der Waals surface area contributed by atoms with Crippen molar-refractivity contribution in [2.24, 2.45) is 0 Å². The quantitative estimate of drug-likeness (QED) is 0.400. The highest BCUT2D eigenvalue weighted by Crippen LogP contribution is 2.36. The van der Waals surface area contributed by atoms with E-state index in [0.717, 1.165) is 16.7 Å². The first kappa shape index (κ1) is 22.1. The van der Waals surface area contributed by atoms with Gasteiger partial charge in [-0.15, -0.1) is 0 Å². The highest BCUT2D eigenvalue weighted by Gasteiger charge is 2.37. The molecule has 6 heteroatoms. The summed E-state index contributed by atoms with van der Waals surface area (Å²) in [6.45, 7) is -0.374. The van der Waals surface area contributed by atoms with Gasteiger partial charge in [0.1, 0.15) is 5.54 Å². The molecule has 0 spiro atoms. The molecule has 0 heterocycles. The van der Waals surface area contributed by atoms with Crippen LogP contribution in [0.3, 0.4) is 0 Å². The standard InChI is InChI=1S/C25H26N2O4/c28-18-22(26-24(30)31)16-17-23(29)27-25(19-10-4-1-5-11-19,20-12-6-2-7-13-20)21-14-8-3-9-15-21/h1-15,22,26,28H,16-18H2,(H,27,29)(H,30,31)/t22-/m0/s1. The zero-order valence-corrected chi connectivity index (χ0v) is 17.1. The van der Waals surface area contributed by atoms with Gasteiger partial charge in [0.2, 0.25) is 5.91 Å². The first-order chi connectivity index (χ1) is 15.1. The third-order valence-corrected chi connectivity index (χ3v) is 5.22. The summed E-state index contributed by atoms with van der Waals surface area (Å²) in [6.07, 6.45) is -0.991. The van der Waals surface area contributed by atoms with Crippen LogP contribution in [0.4, 0.5) is 4.79 Å². The molecule has 4 N–H and O–H groups in total. The minimum atomic E-state index is -1.23. The molecule has 1 atom stereocenters. The lowest BCUT2D eigenvalue weighted by atomic mass is 9.77. The van der Waals surface area contributed by atoms with E-state index in [1.165, 1.54) is 0 Å². The Morgan fingerprint density at radius 3 is 1.55 bits per heavy atom. The minimum absolute atomic E-state index is 0.0553. The monoisotopic (exact) mass is 418 g/mol. The molecule has 6 nitrogen and oxygen atoms in total. The van der Waals surface area contributed by atoms with Gasteiger partial charge in [0.05, 0.1) is 12.6 Å². The molecule has 0 aliphatic heterocycles. The van der Waals surface area contributed by atoms with Gasteiger partial charge in [-0.3, -0.25) is 4.79 Å². The van der Waals surface area contributed by atoms with Gasteiger partial charge in [-0.05, 0) is 23.1 Å². The highest BCUT2D eigenvalue weighted by molar-refractivity contribution is 5.79. The summed E-state index contributed by atoms with van der Waals surface area (Å²) in [6, 6.07) is 28.5. The Labute approximate surface area is 181 Å². The van der Waals surface area contributed by atoms with E-state index in [4.69, 9.17) is 5.11 Å². The number of carboxylic acid groups (broad SMARTS) is 1. The zero-order valence-electron chi connectivity index (χ0n) is 17.1. The Bertz CT molecular complexity index is 882. The van der Waals surface area contributed by atoms with Crippen LogP contribution < -0.4 is 10.6 Å². The van der Waals surface area contributed by atoms with Crippen molar-refractivity contribution in [3.8, 4) is 0 Å². The van der Waals surface area contributed by atoms with E-state index in [-0.39, 0.29) is 25.4 Å². The van der Waals surface area contributed by atoms with Gasteiger partial charge in [-0.1, -0.05) is 91.0 Å². The molecule has 0 aliphatic carbocycles. The van der Waals surface area contributed by atoms with Crippen LogP contribution in [0, 0.1) is 0 Å². The summed E-state index contributed by atoms with van der Waals surface area (Å²) in [5, 5.41) is 23.7. The average Bonchev–Trinajstić information content (AvgIpc) is 2.81. The Kier molecular flexibility index (Phi) is 7.40. The lowest BCUT2D eigenvalue weighted by Gasteiger charge is -2.37. The maximum atomic E-state index is 13.1. The summed E-state index contributed by atoms with van der Waals surface area (Å²) in [5.41, 5.74) is 1.80. The Hall–Kier alpha value is -3.64. The summed E-state index contributed by atoms with van der Waals surface area (Å²) in [7, 11) is 0. The predicted octanol–water partition coefficient (Wildman–Crippen LogP) is 3.50. The number of carbonyl (C=O) groups excluding carboxylic acids is 1. The molecule has 0 radical (unpaired) electrons. The number of hydrogen-bond acceptors (Lipinski definition) is 3. The largest absolute Gasteiger partial charge is 0.465 e. The zero-order chi connectivity index (χ0) is 22.1. The van der Waals surface area contributed by atoms with Crippen molar-refractivity contribution in [3.05, 3.63) is 108 Å². The number of hydrogen-bond donors (Lipinski definition) is 4. The van der Waals surface area contributed by atoms with Gasteiger partial charge in [0, 0.05) is 6.42 Å². The molecule has 3 aromatic carbocycles. The number of benzene rings is 3. The molecule has 2 amide bonds. The Morgan fingerprint density at radius 1 is 0.774 bits per heavy atom. The van der Waals surface area contributed by atoms with Gasteiger partial charge in [0.15, 0.2) is 0 Å². The number of aliphatic hydroxyl groups is 1. The van der Waals surface area contributed by atoms with Crippen molar-refractivity contribution in [2.75, 3.05) is 6.61 Å².